The Bertz CT molecular complexity index is 1610. The Labute approximate surface area is 249 Å². The summed E-state index contributed by atoms with van der Waals surface area (Å²) in [5, 5.41) is 11.6. The molecule has 2 fully saturated rings. The minimum absolute atomic E-state index is 0.0455. The van der Waals surface area contributed by atoms with E-state index in [4.69, 9.17) is 0 Å². The van der Waals surface area contributed by atoms with Crippen LogP contribution < -0.4 is 4.90 Å². The Morgan fingerprint density at radius 3 is 2.45 bits per heavy atom. The van der Waals surface area contributed by atoms with Crippen molar-refractivity contribution in [1.29, 1.82) is 0 Å². The number of thioether (sulfide) groups is 1. The van der Waals surface area contributed by atoms with Crippen LogP contribution in [0.1, 0.15) is 12.0 Å². The van der Waals surface area contributed by atoms with E-state index in [-0.39, 0.29) is 36.1 Å². The van der Waals surface area contributed by atoms with Crippen molar-refractivity contribution >= 4 is 45.9 Å². The zero-order valence-electron chi connectivity index (χ0n) is 23.2. The second-order valence-corrected chi connectivity index (χ2v) is 13.0. The molecule has 4 aliphatic rings. The number of benzene rings is 3. The fraction of sp³-hybridized carbons (Fsp3) is 0.324. The topological polar surface area (TPSA) is 81.2 Å². The standard InChI is InChI=1S/C34H33N3O4S/c38-20-8-19-37-30-33(41)36(26-15-14-24-11-4-5-12-25(24)21-26)18-7-16-34(30)29(32(37)40)28-27(42-34)13-6-17-35(31(28)39)22-23-9-2-1-3-10-23/h1-7,9-16,21,27-30,38H,8,17-20,22H2/t27-,28+,29+,30?,34+/m1/s1. The van der Waals surface area contributed by atoms with Crippen LogP contribution in [0.4, 0.5) is 5.69 Å². The molecule has 1 N–H and O–H groups in total. The Morgan fingerprint density at radius 1 is 0.857 bits per heavy atom. The van der Waals surface area contributed by atoms with E-state index < -0.39 is 22.6 Å². The van der Waals surface area contributed by atoms with Crippen LogP contribution in [-0.4, -0.2) is 74.9 Å². The fourth-order valence-corrected chi connectivity index (χ4v) is 9.20. The number of hydrogen-bond acceptors (Lipinski definition) is 5. The van der Waals surface area contributed by atoms with Gasteiger partial charge in [0.05, 0.1) is 16.6 Å². The lowest BCUT2D eigenvalue weighted by Crippen LogP contribution is -2.53. The molecule has 0 aromatic heterocycles. The number of fused-ring (bicyclic) bond motifs is 3. The zero-order chi connectivity index (χ0) is 28.8. The largest absolute Gasteiger partial charge is 0.396 e. The predicted octanol–water partition coefficient (Wildman–Crippen LogP) is 4.02. The van der Waals surface area contributed by atoms with E-state index in [0.717, 1.165) is 22.0 Å². The number of anilines is 1. The number of aliphatic hydroxyl groups excluding tert-OH is 1. The summed E-state index contributed by atoms with van der Waals surface area (Å²) in [7, 11) is 0. The Morgan fingerprint density at radius 2 is 1.64 bits per heavy atom. The highest BCUT2D eigenvalue weighted by Gasteiger charge is 2.70. The van der Waals surface area contributed by atoms with E-state index in [0.29, 0.717) is 26.1 Å². The van der Waals surface area contributed by atoms with Gasteiger partial charge in [0, 0.05) is 43.7 Å². The molecule has 0 bridgehead atoms. The number of aliphatic hydroxyl groups is 1. The van der Waals surface area contributed by atoms with Gasteiger partial charge >= 0.3 is 0 Å². The van der Waals surface area contributed by atoms with E-state index in [1.807, 2.05) is 95.9 Å². The average molecular weight is 580 g/mol. The SMILES string of the molecule is O=C1[C@@H]2[C@H]3C(=O)N(CCCO)C4C(=O)N(c5ccc6ccccc6c5)CC=C[C@@]43S[C@@H]2C=CCN1Cc1ccccc1. The molecule has 214 valence electrons. The van der Waals surface area contributed by atoms with Crippen molar-refractivity contribution in [3.8, 4) is 0 Å². The summed E-state index contributed by atoms with van der Waals surface area (Å²) < 4.78 is -0.875. The Kier molecular flexibility index (Phi) is 6.91. The van der Waals surface area contributed by atoms with Crippen LogP contribution in [0, 0.1) is 11.8 Å². The molecule has 1 unspecified atom stereocenters. The average Bonchev–Trinajstić information content (AvgIpc) is 3.33. The maximum atomic E-state index is 14.6. The molecule has 8 heteroatoms. The van der Waals surface area contributed by atoms with Gasteiger partial charge < -0.3 is 19.8 Å². The van der Waals surface area contributed by atoms with Gasteiger partial charge in [-0.15, -0.1) is 11.8 Å². The molecule has 42 heavy (non-hydrogen) atoms. The summed E-state index contributed by atoms with van der Waals surface area (Å²) >= 11 is 1.59. The number of amides is 3. The van der Waals surface area contributed by atoms with Gasteiger partial charge in [0.2, 0.25) is 11.8 Å². The molecule has 2 saturated heterocycles. The lowest BCUT2D eigenvalue weighted by Gasteiger charge is -2.35. The van der Waals surface area contributed by atoms with E-state index in [1.165, 1.54) is 0 Å². The van der Waals surface area contributed by atoms with Crippen LogP contribution in [0.3, 0.4) is 0 Å². The number of rotatable bonds is 6. The first-order chi connectivity index (χ1) is 20.5. The van der Waals surface area contributed by atoms with Gasteiger partial charge in [-0.2, -0.15) is 0 Å². The molecule has 4 aliphatic heterocycles. The van der Waals surface area contributed by atoms with Gasteiger partial charge in [0.25, 0.3) is 5.91 Å². The van der Waals surface area contributed by atoms with Crippen molar-refractivity contribution in [1.82, 2.24) is 9.80 Å². The lowest BCUT2D eigenvalue weighted by atomic mass is 9.78. The molecule has 3 aromatic rings. The van der Waals surface area contributed by atoms with Crippen LogP contribution in [0.25, 0.3) is 10.8 Å². The van der Waals surface area contributed by atoms with Crippen LogP contribution in [0.5, 0.6) is 0 Å². The van der Waals surface area contributed by atoms with Gasteiger partial charge in [-0.3, -0.25) is 14.4 Å². The Balaban J connectivity index is 1.27. The normalized spacial score (nSPS) is 28.6. The molecule has 4 heterocycles. The predicted molar refractivity (Wildman–Crippen MR) is 165 cm³/mol. The quantitative estimate of drug-likeness (QED) is 0.447. The number of hydrogen-bond donors (Lipinski definition) is 1. The molecule has 7 nitrogen and oxygen atoms in total. The molecular formula is C34H33N3O4S. The third-order valence-corrected chi connectivity index (χ3v) is 10.8. The smallest absolute Gasteiger partial charge is 0.251 e. The van der Waals surface area contributed by atoms with E-state index >= 15 is 0 Å². The third kappa shape index (κ3) is 4.27. The number of carbonyl (C=O) groups excluding carboxylic acids is 3. The van der Waals surface area contributed by atoms with Crippen LogP contribution >= 0.6 is 11.8 Å². The molecular weight excluding hydrogens is 546 g/mol. The molecule has 0 saturated carbocycles. The number of nitrogens with zero attached hydrogens (tertiary/aromatic N) is 3. The summed E-state index contributed by atoms with van der Waals surface area (Å²) in [6, 6.07) is 23.2. The molecule has 5 atom stereocenters. The van der Waals surface area contributed by atoms with Crippen molar-refractivity contribution in [2.45, 2.75) is 29.0 Å². The van der Waals surface area contributed by atoms with Crippen molar-refractivity contribution in [3.63, 3.8) is 0 Å². The molecule has 3 amide bonds. The monoisotopic (exact) mass is 579 g/mol. The molecule has 0 radical (unpaired) electrons. The summed E-state index contributed by atoms with van der Waals surface area (Å²) in [5.41, 5.74) is 1.81. The van der Waals surface area contributed by atoms with E-state index in [9.17, 15) is 19.5 Å². The molecule has 3 aromatic carbocycles. The molecule has 0 aliphatic carbocycles. The third-order valence-electron chi connectivity index (χ3n) is 9.06. The summed E-state index contributed by atoms with van der Waals surface area (Å²) in [6.45, 7) is 1.51. The van der Waals surface area contributed by atoms with Gasteiger partial charge in [-0.1, -0.05) is 85.0 Å². The fourth-order valence-electron chi connectivity index (χ4n) is 7.19. The maximum Gasteiger partial charge on any atom is 0.251 e. The van der Waals surface area contributed by atoms with Crippen molar-refractivity contribution in [2.75, 3.05) is 31.1 Å². The first-order valence-corrected chi connectivity index (χ1v) is 15.5. The first kappa shape index (κ1) is 27.0. The van der Waals surface area contributed by atoms with Crippen molar-refractivity contribution in [3.05, 3.63) is 103 Å². The zero-order valence-corrected chi connectivity index (χ0v) is 24.0. The highest BCUT2D eigenvalue weighted by molar-refractivity contribution is 8.02. The second kappa shape index (κ2) is 10.7. The highest BCUT2D eigenvalue weighted by atomic mass is 32.2. The molecule has 7 rings (SSSR count). The minimum atomic E-state index is -0.875. The summed E-state index contributed by atoms with van der Waals surface area (Å²) in [4.78, 5) is 48.4. The van der Waals surface area contributed by atoms with Crippen LogP contribution in [0.15, 0.2) is 97.1 Å². The minimum Gasteiger partial charge on any atom is -0.396 e. The van der Waals surface area contributed by atoms with Gasteiger partial charge in [-0.05, 0) is 34.9 Å². The van der Waals surface area contributed by atoms with Crippen LogP contribution in [-0.2, 0) is 20.9 Å². The van der Waals surface area contributed by atoms with E-state index in [1.54, 1.807) is 21.6 Å². The second-order valence-electron chi connectivity index (χ2n) is 11.5. The number of carbonyl (C=O) groups is 3. The Hall–Kier alpha value is -3.88. The van der Waals surface area contributed by atoms with Crippen molar-refractivity contribution < 1.29 is 19.5 Å². The summed E-state index contributed by atoms with van der Waals surface area (Å²) in [6.07, 6.45) is 8.50. The summed E-state index contributed by atoms with van der Waals surface area (Å²) in [5.74, 6) is -1.60. The van der Waals surface area contributed by atoms with E-state index in [2.05, 4.69) is 6.08 Å². The van der Waals surface area contributed by atoms with Crippen LogP contribution in [0.2, 0.25) is 0 Å². The van der Waals surface area contributed by atoms with Gasteiger partial charge in [-0.25, -0.2) is 0 Å². The maximum absolute atomic E-state index is 14.6. The molecule has 1 spiro atoms. The van der Waals surface area contributed by atoms with Gasteiger partial charge in [0.15, 0.2) is 0 Å². The highest BCUT2D eigenvalue weighted by Crippen LogP contribution is 2.61. The van der Waals surface area contributed by atoms with Crippen molar-refractivity contribution in [2.24, 2.45) is 11.8 Å². The lowest BCUT2D eigenvalue weighted by molar-refractivity contribution is -0.143. The first-order valence-electron chi connectivity index (χ1n) is 14.6. The number of likely N-dealkylation sites (tertiary alicyclic amines) is 1. The van der Waals surface area contributed by atoms with Gasteiger partial charge in [0.1, 0.15) is 6.04 Å².